The van der Waals surface area contributed by atoms with E-state index in [1.807, 2.05) is 18.8 Å². The normalized spacial score (nSPS) is 17.9. The number of ether oxygens (including phenoxy) is 1. The van der Waals surface area contributed by atoms with Gasteiger partial charge in [0.25, 0.3) is 0 Å². The molecule has 2 N–H and O–H groups in total. The number of hydrogen-bond donors (Lipinski definition) is 2. The smallest absolute Gasteiger partial charge is 0.191 e. The van der Waals surface area contributed by atoms with E-state index in [0.29, 0.717) is 12.0 Å². The van der Waals surface area contributed by atoms with Gasteiger partial charge in [-0.1, -0.05) is 13.8 Å². The first-order chi connectivity index (χ1) is 12.8. The summed E-state index contributed by atoms with van der Waals surface area (Å²) < 4.78 is 7.46. The molecule has 0 aromatic carbocycles. The highest BCUT2D eigenvalue weighted by Crippen LogP contribution is 2.14. The minimum atomic E-state index is 0. The molecule has 1 aliphatic rings. The lowest BCUT2D eigenvalue weighted by Gasteiger charge is -2.37. The van der Waals surface area contributed by atoms with Gasteiger partial charge in [0.15, 0.2) is 5.96 Å². The largest absolute Gasteiger partial charge is 0.379 e. The Kier molecular flexibility index (Phi) is 10.8. The highest BCUT2D eigenvalue weighted by atomic mass is 127. The van der Waals surface area contributed by atoms with Crippen molar-refractivity contribution in [3.8, 4) is 0 Å². The van der Waals surface area contributed by atoms with Crippen LogP contribution in [0.3, 0.4) is 0 Å². The Balaban J connectivity index is 0.00000392. The number of guanidine groups is 1. The van der Waals surface area contributed by atoms with Crippen LogP contribution < -0.4 is 10.6 Å². The van der Waals surface area contributed by atoms with Gasteiger partial charge >= 0.3 is 0 Å². The summed E-state index contributed by atoms with van der Waals surface area (Å²) in [5, 5.41) is 11.6. The number of aliphatic imine (C=N–C) groups is 1. The van der Waals surface area contributed by atoms with Crippen molar-refractivity contribution in [2.75, 3.05) is 39.9 Å². The van der Waals surface area contributed by atoms with Crippen molar-refractivity contribution in [1.82, 2.24) is 25.3 Å². The van der Waals surface area contributed by atoms with Crippen LogP contribution in [0.25, 0.3) is 0 Å². The van der Waals surface area contributed by atoms with Crippen molar-refractivity contribution in [3.05, 3.63) is 17.0 Å². The summed E-state index contributed by atoms with van der Waals surface area (Å²) in [6.45, 7) is 15.5. The van der Waals surface area contributed by atoms with Gasteiger partial charge in [-0.3, -0.25) is 14.6 Å². The predicted molar refractivity (Wildman–Crippen MR) is 127 cm³/mol. The van der Waals surface area contributed by atoms with Crippen LogP contribution in [0.4, 0.5) is 0 Å². The van der Waals surface area contributed by atoms with Crippen LogP contribution in [-0.2, 0) is 18.2 Å². The highest BCUT2D eigenvalue weighted by Gasteiger charge is 2.24. The second-order valence-electron chi connectivity index (χ2n) is 7.94. The van der Waals surface area contributed by atoms with Crippen LogP contribution >= 0.6 is 24.0 Å². The molecule has 1 aromatic heterocycles. The third-order valence-electron chi connectivity index (χ3n) is 5.54. The summed E-state index contributed by atoms with van der Waals surface area (Å²) in [6.07, 6.45) is 0.934. The van der Waals surface area contributed by atoms with Gasteiger partial charge in [0.1, 0.15) is 0 Å². The van der Waals surface area contributed by atoms with Gasteiger partial charge < -0.3 is 15.4 Å². The molecule has 1 saturated heterocycles. The molecule has 1 fully saturated rings. The molecule has 1 aliphatic heterocycles. The number of hydrogen-bond acceptors (Lipinski definition) is 4. The van der Waals surface area contributed by atoms with E-state index in [0.717, 1.165) is 50.9 Å². The Morgan fingerprint density at radius 3 is 2.36 bits per heavy atom. The van der Waals surface area contributed by atoms with Gasteiger partial charge in [0, 0.05) is 51.5 Å². The molecule has 2 unspecified atom stereocenters. The molecule has 2 atom stereocenters. The van der Waals surface area contributed by atoms with Crippen molar-refractivity contribution < 1.29 is 4.74 Å². The van der Waals surface area contributed by atoms with Gasteiger partial charge in [0.05, 0.1) is 18.9 Å². The molecule has 1 aromatic rings. The van der Waals surface area contributed by atoms with E-state index in [2.05, 4.69) is 60.2 Å². The van der Waals surface area contributed by atoms with Crippen molar-refractivity contribution in [2.24, 2.45) is 18.0 Å². The summed E-state index contributed by atoms with van der Waals surface area (Å²) in [6, 6.07) is 0.754. The maximum atomic E-state index is 5.50. The summed E-state index contributed by atoms with van der Waals surface area (Å²) >= 11 is 0. The summed E-state index contributed by atoms with van der Waals surface area (Å²) in [5.41, 5.74) is 3.66. The Morgan fingerprint density at radius 1 is 1.21 bits per heavy atom. The lowest BCUT2D eigenvalue weighted by atomic mass is 10.0. The number of rotatable bonds is 7. The molecule has 2 rings (SSSR count). The van der Waals surface area contributed by atoms with Gasteiger partial charge in [-0.05, 0) is 38.7 Å². The van der Waals surface area contributed by atoms with Crippen molar-refractivity contribution >= 4 is 29.9 Å². The first-order valence-electron chi connectivity index (χ1n) is 10.1. The first-order valence-corrected chi connectivity index (χ1v) is 10.1. The Hall–Kier alpha value is -0.870. The summed E-state index contributed by atoms with van der Waals surface area (Å²) in [7, 11) is 3.84. The molecule has 0 spiro atoms. The van der Waals surface area contributed by atoms with Crippen LogP contribution in [0.5, 0.6) is 0 Å². The molecule has 2 heterocycles. The number of nitrogens with one attached hydrogen (secondary N) is 2. The fourth-order valence-corrected chi connectivity index (χ4v) is 3.79. The zero-order valence-electron chi connectivity index (χ0n) is 18.6. The fraction of sp³-hybridized carbons (Fsp3) is 0.800. The van der Waals surface area contributed by atoms with Crippen LogP contribution in [0.15, 0.2) is 4.99 Å². The second-order valence-corrected chi connectivity index (χ2v) is 7.94. The predicted octanol–water partition coefficient (Wildman–Crippen LogP) is 2.11. The van der Waals surface area contributed by atoms with Gasteiger partial charge in [0.2, 0.25) is 0 Å². The molecule has 0 bridgehead atoms. The maximum Gasteiger partial charge on any atom is 0.191 e. The molecule has 7 nitrogen and oxygen atoms in total. The quantitative estimate of drug-likeness (QED) is 0.337. The number of morpholine rings is 1. The van der Waals surface area contributed by atoms with Crippen molar-refractivity contribution in [1.29, 1.82) is 0 Å². The van der Waals surface area contributed by atoms with Crippen molar-refractivity contribution in [3.63, 3.8) is 0 Å². The lowest BCUT2D eigenvalue weighted by Crippen LogP contribution is -2.53. The van der Waals surface area contributed by atoms with Crippen LogP contribution in [0, 0.1) is 19.8 Å². The minimum Gasteiger partial charge on any atom is -0.379 e. The van der Waals surface area contributed by atoms with Gasteiger partial charge in [-0.25, -0.2) is 0 Å². The van der Waals surface area contributed by atoms with Crippen LogP contribution in [0.1, 0.15) is 37.7 Å². The average Bonchev–Trinajstić information content (AvgIpc) is 2.87. The molecule has 0 saturated carbocycles. The molecule has 8 heteroatoms. The SMILES string of the molecule is CN=C(NCC(C(C)C)N1CCOCC1)NC(C)Cc1c(C)nn(C)c1C.I. The Bertz CT molecular complexity index is 624. The average molecular weight is 506 g/mol. The number of aromatic nitrogens is 2. The Morgan fingerprint density at radius 2 is 1.86 bits per heavy atom. The first kappa shape index (κ1) is 25.2. The third-order valence-corrected chi connectivity index (χ3v) is 5.54. The van der Waals surface area contributed by atoms with Gasteiger partial charge in [-0.15, -0.1) is 24.0 Å². The number of aryl methyl sites for hydroxylation is 2. The summed E-state index contributed by atoms with van der Waals surface area (Å²) in [5.74, 6) is 1.44. The zero-order valence-corrected chi connectivity index (χ0v) is 20.9. The molecule has 162 valence electrons. The number of halogens is 1. The standard InChI is InChI=1S/C20H38N6O.HI/c1-14(2)19(26-8-10-27-11-9-26)13-22-20(21-6)23-15(3)12-18-16(4)24-25(7)17(18)5;/h14-15,19H,8-13H2,1-7H3,(H2,21,22,23);1H. The molecule has 28 heavy (non-hydrogen) atoms. The Labute approximate surface area is 187 Å². The van der Waals surface area contributed by atoms with E-state index < -0.39 is 0 Å². The highest BCUT2D eigenvalue weighted by molar-refractivity contribution is 14.0. The van der Waals surface area contributed by atoms with E-state index in [-0.39, 0.29) is 30.0 Å². The lowest BCUT2D eigenvalue weighted by molar-refractivity contribution is 0.00751. The fourth-order valence-electron chi connectivity index (χ4n) is 3.79. The van der Waals surface area contributed by atoms with Gasteiger partial charge in [-0.2, -0.15) is 5.10 Å². The van der Waals surface area contributed by atoms with Crippen LogP contribution in [0.2, 0.25) is 0 Å². The molecule has 0 radical (unpaired) electrons. The maximum absolute atomic E-state index is 5.50. The third kappa shape index (κ3) is 6.88. The second kappa shape index (κ2) is 12.0. The van der Waals surface area contributed by atoms with E-state index >= 15 is 0 Å². The topological polar surface area (TPSA) is 66.7 Å². The minimum absolute atomic E-state index is 0. The molecule has 0 aliphatic carbocycles. The van der Waals surface area contributed by atoms with E-state index in [9.17, 15) is 0 Å². The summed E-state index contributed by atoms with van der Waals surface area (Å²) in [4.78, 5) is 6.95. The zero-order chi connectivity index (χ0) is 20.0. The van der Waals surface area contributed by atoms with E-state index in [4.69, 9.17) is 4.74 Å². The molecular weight excluding hydrogens is 467 g/mol. The molecular formula is C20H39IN6O. The van der Waals surface area contributed by atoms with E-state index in [1.165, 1.54) is 11.3 Å². The molecule has 0 amide bonds. The monoisotopic (exact) mass is 506 g/mol. The van der Waals surface area contributed by atoms with Crippen molar-refractivity contribution in [2.45, 2.75) is 53.1 Å². The van der Waals surface area contributed by atoms with Crippen LogP contribution in [-0.4, -0.2) is 72.6 Å². The van der Waals surface area contributed by atoms with E-state index in [1.54, 1.807) is 0 Å². The number of nitrogens with zero attached hydrogens (tertiary/aromatic N) is 4.